The van der Waals surface area contributed by atoms with Gasteiger partial charge in [0, 0.05) is 25.3 Å². The maximum absolute atomic E-state index is 12.0. The van der Waals surface area contributed by atoms with Crippen molar-refractivity contribution in [3.63, 3.8) is 0 Å². The SMILES string of the molecule is CCNC(=NCc1cccc(NC(=O)CN(C)C)c1)N1CC2CCCCC2C1.I. The van der Waals surface area contributed by atoms with E-state index < -0.39 is 0 Å². The largest absolute Gasteiger partial charge is 0.357 e. The summed E-state index contributed by atoms with van der Waals surface area (Å²) in [6.07, 6.45) is 5.51. The van der Waals surface area contributed by atoms with Gasteiger partial charge in [-0.15, -0.1) is 24.0 Å². The molecule has 1 saturated carbocycles. The Morgan fingerprint density at radius 3 is 2.52 bits per heavy atom. The molecule has 2 atom stereocenters. The van der Waals surface area contributed by atoms with Gasteiger partial charge in [-0.3, -0.25) is 4.79 Å². The Kier molecular flexibility index (Phi) is 9.68. The highest BCUT2D eigenvalue weighted by molar-refractivity contribution is 14.0. The Morgan fingerprint density at radius 2 is 1.90 bits per heavy atom. The Morgan fingerprint density at radius 1 is 1.21 bits per heavy atom. The van der Waals surface area contributed by atoms with Crippen molar-refractivity contribution < 1.29 is 4.79 Å². The van der Waals surface area contributed by atoms with E-state index in [9.17, 15) is 4.79 Å². The number of fused-ring (bicyclic) bond motifs is 1. The second kappa shape index (κ2) is 11.7. The fourth-order valence-electron chi connectivity index (χ4n) is 4.41. The number of benzene rings is 1. The van der Waals surface area contributed by atoms with Crippen molar-refractivity contribution in [2.75, 3.05) is 45.6 Å². The zero-order valence-electron chi connectivity index (χ0n) is 18.0. The van der Waals surface area contributed by atoms with Gasteiger partial charge < -0.3 is 20.4 Å². The molecule has 0 spiro atoms. The predicted molar refractivity (Wildman–Crippen MR) is 131 cm³/mol. The molecule has 1 saturated heterocycles. The fourth-order valence-corrected chi connectivity index (χ4v) is 4.41. The Balaban J connectivity index is 0.00000300. The number of likely N-dealkylation sites (tertiary alicyclic amines) is 1. The number of carbonyl (C=O) groups is 1. The molecular formula is C22H36IN5O. The molecule has 2 fully saturated rings. The van der Waals surface area contributed by atoms with Crippen LogP contribution in [0.15, 0.2) is 29.3 Å². The summed E-state index contributed by atoms with van der Waals surface area (Å²) in [4.78, 5) is 21.2. The number of guanidine groups is 1. The van der Waals surface area contributed by atoms with Gasteiger partial charge >= 0.3 is 0 Å². The van der Waals surface area contributed by atoms with Crippen molar-refractivity contribution in [1.82, 2.24) is 15.1 Å². The molecule has 3 rings (SSSR count). The summed E-state index contributed by atoms with van der Waals surface area (Å²) in [7, 11) is 3.78. The zero-order valence-corrected chi connectivity index (χ0v) is 20.3. The Labute approximate surface area is 192 Å². The van der Waals surface area contributed by atoms with E-state index in [2.05, 4.69) is 28.5 Å². The van der Waals surface area contributed by atoms with Crippen LogP contribution in [0.1, 0.15) is 38.2 Å². The molecule has 2 N–H and O–H groups in total. The molecule has 1 aromatic rings. The van der Waals surface area contributed by atoms with Crippen molar-refractivity contribution in [3.05, 3.63) is 29.8 Å². The van der Waals surface area contributed by atoms with Gasteiger partial charge in [0.1, 0.15) is 0 Å². The smallest absolute Gasteiger partial charge is 0.238 e. The van der Waals surface area contributed by atoms with E-state index in [0.717, 1.165) is 48.7 Å². The van der Waals surface area contributed by atoms with E-state index in [1.165, 1.54) is 25.7 Å². The molecule has 29 heavy (non-hydrogen) atoms. The van der Waals surface area contributed by atoms with Gasteiger partial charge in [-0.1, -0.05) is 25.0 Å². The Hall–Kier alpha value is -1.35. The van der Waals surface area contributed by atoms with Crippen LogP contribution in [0.2, 0.25) is 0 Å². The third-order valence-corrected chi connectivity index (χ3v) is 5.69. The minimum atomic E-state index is -0.00124. The average Bonchev–Trinajstić information content (AvgIpc) is 3.08. The number of carbonyl (C=O) groups excluding carboxylic acids is 1. The molecule has 2 aliphatic rings. The number of nitrogens with zero attached hydrogens (tertiary/aromatic N) is 3. The van der Waals surface area contributed by atoms with Gasteiger partial charge in [-0.05, 0) is 63.4 Å². The van der Waals surface area contributed by atoms with Crippen molar-refractivity contribution in [1.29, 1.82) is 0 Å². The summed E-state index contributed by atoms with van der Waals surface area (Å²) in [5, 5.41) is 6.43. The maximum atomic E-state index is 12.0. The van der Waals surface area contributed by atoms with Crippen molar-refractivity contribution in [3.8, 4) is 0 Å². The highest BCUT2D eigenvalue weighted by atomic mass is 127. The molecule has 1 aromatic carbocycles. The molecule has 0 aromatic heterocycles. The van der Waals surface area contributed by atoms with Gasteiger partial charge in [0.15, 0.2) is 5.96 Å². The van der Waals surface area contributed by atoms with E-state index in [1.807, 2.05) is 37.2 Å². The van der Waals surface area contributed by atoms with Crippen LogP contribution in [0.3, 0.4) is 0 Å². The first-order valence-corrected chi connectivity index (χ1v) is 10.6. The molecule has 162 valence electrons. The first-order valence-electron chi connectivity index (χ1n) is 10.6. The highest BCUT2D eigenvalue weighted by Gasteiger charge is 2.35. The molecule has 6 nitrogen and oxygen atoms in total. The number of halogens is 1. The molecule has 1 aliphatic carbocycles. The summed E-state index contributed by atoms with van der Waals surface area (Å²) >= 11 is 0. The van der Waals surface area contributed by atoms with Gasteiger partial charge in [-0.25, -0.2) is 4.99 Å². The van der Waals surface area contributed by atoms with Crippen LogP contribution in [0.4, 0.5) is 5.69 Å². The number of anilines is 1. The van der Waals surface area contributed by atoms with E-state index >= 15 is 0 Å². The summed E-state index contributed by atoms with van der Waals surface area (Å²) in [5.41, 5.74) is 1.94. The first kappa shape index (κ1) is 23.9. The highest BCUT2D eigenvalue weighted by Crippen LogP contribution is 2.36. The summed E-state index contributed by atoms with van der Waals surface area (Å²) < 4.78 is 0. The molecular weight excluding hydrogens is 477 g/mol. The molecule has 1 aliphatic heterocycles. The lowest BCUT2D eigenvalue weighted by atomic mass is 9.82. The minimum Gasteiger partial charge on any atom is -0.357 e. The monoisotopic (exact) mass is 513 g/mol. The zero-order chi connectivity index (χ0) is 19.9. The van der Waals surface area contributed by atoms with E-state index in [4.69, 9.17) is 4.99 Å². The summed E-state index contributed by atoms with van der Waals surface area (Å²) in [6, 6.07) is 7.99. The topological polar surface area (TPSA) is 60.0 Å². The number of hydrogen-bond acceptors (Lipinski definition) is 3. The predicted octanol–water partition coefficient (Wildman–Crippen LogP) is 3.39. The standard InChI is InChI=1S/C22H35N5O.HI/c1-4-23-22(27-14-18-9-5-6-10-19(18)15-27)24-13-17-8-7-11-20(12-17)25-21(28)16-26(2)3;/h7-8,11-12,18-19H,4-6,9-10,13-16H2,1-3H3,(H,23,24)(H,25,28);1H. The number of rotatable bonds is 6. The normalized spacial score (nSPS) is 21.5. The molecule has 0 radical (unpaired) electrons. The van der Waals surface area contributed by atoms with Crippen LogP contribution in [0, 0.1) is 11.8 Å². The quantitative estimate of drug-likeness (QED) is 0.348. The maximum Gasteiger partial charge on any atom is 0.238 e. The van der Waals surface area contributed by atoms with Crippen LogP contribution < -0.4 is 10.6 Å². The van der Waals surface area contributed by atoms with Gasteiger partial charge in [0.25, 0.3) is 0 Å². The van der Waals surface area contributed by atoms with Gasteiger partial charge in [0.05, 0.1) is 13.1 Å². The van der Waals surface area contributed by atoms with Crippen LogP contribution in [0.5, 0.6) is 0 Å². The number of hydrogen-bond donors (Lipinski definition) is 2. The molecule has 1 heterocycles. The van der Waals surface area contributed by atoms with Crippen LogP contribution in [-0.4, -0.2) is 61.9 Å². The number of likely N-dealkylation sites (N-methyl/N-ethyl adjacent to an activating group) is 1. The second-order valence-corrected chi connectivity index (χ2v) is 8.37. The minimum absolute atomic E-state index is 0. The third-order valence-electron chi connectivity index (χ3n) is 5.69. The van der Waals surface area contributed by atoms with Gasteiger partial charge in [-0.2, -0.15) is 0 Å². The van der Waals surface area contributed by atoms with E-state index in [1.54, 1.807) is 0 Å². The van der Waals surface area contributed by atoms with Crippen LogP contribution in [0.25, 0.3) is 0 Å². The van der Waals surface area contributed by atoms with Crippen LogP contribution >= 0.6 is 24.0 Å². The number of amides is 1. The summed E-state index contributed by atoms with van der Waals surface area (Å²) in [5.74, 6) is 2.71. The van der Waals surface area contributed by atoms with Crippen molar-refractivity contribution >= 4 is 41.5 Å². The van der Waals surface area contributed by atoms with Gasteiger partial charge in [0.2, 0.25) is 5.91 Å². The lowest BCUT2D eigenvalue weighted by Gasteiger charge is -2.22. The lowest BCUT2D eigenvalue weighted by Crippen LogP contribution is -2.40. The van der Waals surface area contributed by atoms with Crippen LogP contribution in [-0.2, 0) is 11.3 Å². The first-order chi connectivity index (χ1) is 13.5. The fraction of sp³-hybridized carbons (Fsp3) is 0.636. The van der Waals surface area contributed by atoms with E-state index in [0.29, 0.717) is 13.1 Å². The lowest BCUT2D eigenvalue weighted by molar-refractivity contribution is -0.116. The molecule has 7 heteroatoms. The average molecular weight is 513 g/mol. The Bertz CT molecular complexity index is 680. The van der Waals surface area contributed by atoms with E-state index in [-0.39, 0.29) is 29.9 Å². The second-order valence-electron chi connectivity index (χ2n) is 8.37. The number of aliphatic imine (C=N–C) groups is 1. The van der Waals surface area contributed by atoms with Crippen molar-refractivity contribution in [2.45, 2.75) is 39.2 Å². The summed E-state index contributed by atoms with van der Waals surface area (Å²) in [6.45, 7) is 6.27. The molecule has 0 bridgehead atoms. The van der Waals surface area contributed by atoms with Crippen molar-refractivity contribution in [2.24, 2.45) is 16.8 Å². The number of nitrogens with one attached hydrogen (secondary N) is 2. The molecule has 2 unspecified atom stereocenters. The molecule has 1 amide bonds. The third kappa shape index (κ3) is 7.13.